The van der Waals surface area contributed by atoms with E-state index in [9.17, 15) is 9.59 Å². The lowest BCUT2D eigenvalue weighted by atomic mass is 9.92. The molecule has 3 aromatic rings. The Bertz CT molecular complexity index is 1070. The molecule has 2 amide bonds. The molecule has 1 fully saturated rings. The number of rotatable bonds is 7. The first kappa shape index (κ1) is 21.8. The summed E-state index contributed by atoms with van der Waals surface area (Å²) in [4.78, 5) is 28.4. The molecule has 0 aliphatic heterocycles. The average Bonchev–Trinajstić information content (AvgIpc) is 2.81. The summed E-state index contributed by atoms with van der Waals surface area (Å²) in [6, 6.07) is 15.0. The zero-order valence-electron chi connectivity index (χ0n) is 18.0. The number of aromatic nitrogens is 1. The first-order chi connectivity index (χ1) is 15.6. The second-order valence-corrected chi connectivity index (χ2v) is 7.98. The molecule has 2 aromatic carbocycles. The van der Waals surface area contributed by atoms with Gasteiger partial charge in [0.2, 0.25) is 5.91 Å². The van der Waals surface area contributed by atoms with Gasteiger partial charge in [0, 0.05) is 47.6 Å². The summed E-state index contributed by atoms with van der Waals surface area (Å²) in [5.74, 6) is 0.546. The predicted molar refractivity (Wildman–Crippen MR) is 123 cm³/mol. The lowest BCUT2D eigenvalue weighted by Gasteiger charge is -2.30. The molecular weight excluding hydrogens is 406 g/mol. The number of methoxy groups -OCH3 is 1. The van der Waals surface area contributed by atoms with Crippen molar-refractivity contribution < 1.29 is 19.1 Å². The molecule has 7 heteroatoms. The van der Waals surface area contributed by atoms with Gasteiger partial charge in [-0.1, -0.05) is 12.1 Å². The maximum Gasteiger partial charge on any atom is 0.251 e. The van der Waals surface area contributed by atoms with Crippen LogP contribution >= 0.6 is 0 Å². The first-order valence-corrected chi connectivity index (χ1v) is 10.8. The van der Waals surface area contributed by atoms with Gasteiger partial charge in [0.25, 0.3) is 5.91 Å². The van der Waals surface area contributed by atoms with E-state index in [1.54, 1.807) is 30.5 Å². The summed E-state index contributed by atoms with van der Waals surface area (Å²) in [5, 5.41) is 7.97. The third kappa shape index (κ3) is 5.42. The fraction of sp³-hybridized carbons (Fsp3) is 0.320. The van der Waals surface area contributed by atoms with Crippen molar-refractivity contribution in [2.75, 3.05) is 19.0 Å². The van der Waals surface area contributed by atoms with Crippen molar-refractivity contribution in [2.24, 2.45) is 0 Å². The van der Waals surface area contributed by atoms with Crippen molar-refractivity contribution in [3.63, 3.8) is 0 Å². The maximum atomic E-state index is 12.6. The van der Waals surface area contributed by atoms with Crippen LogP contribution in [0.5, 0.6) is 5.75 Å². The van der Waals surface area contributed by atoms with Crippen molar-refractivity contribution in [2.45, 2.75) is 37.8 Å². The number of nitrogens with zero attached hydrogens (tertiary/aromatic N) is 1. The van der Waals surface area contributed by atoms with Gasteiger partial charge in [-0.15, -0.1) is 0 Å². The van der Waals surface area contributed by atoms with E-state index in [1.165, 1.54) is 7.11 Å². The second kappa shape index (κ2) is 10.2. The van der Waals surface area contributed by atoms with Gasteiger partial charge in [0.15, 0.2) is 0 Å². The molecule has 2 N–H and O–H groups in total. The summed E-state index contributed by atoms with van der Waals surface area (Å²) >= 11 is 0. The highest BCUT2D eigenvalue weighted by atomic mass is 16.5. The Balaban J connectivity index is 1.27. The molecule has 7 nitrogen and oxygen atoms in total. The van der Waals surface area contributed by atoms with Gasteiger partial charge < -0.3 is 20.1 Å². The minimum absolute atomic E-state index is 0.00761. The number of hydrogen-bond acceptors (Lipinski definition) is 5. The SMILES string of the molecule is COCC(=O)Nc1ccc(C(=O)NC2CCC(Oc3cccc4cnccc34)CC2)cc1. The second-order valence-electron chi connectivity index (χ2n) is 7.98. The summed E-state index contributed by atoms with van der Waals surface area (Å²) in [6.45, 7) is -0.00761. The highest BCUT2D eigenvalue weighted by molar-refractivity contribution is 5.96. The molecule has 166 valence electrons. The number of benzene rings is 2. The molecule has 1 saturated carbocycles. The fourth-order valence-corrected chi connectivity index (χ4v) is 4.00. The maximum absolute atomic E-state index is 12.6. The molecule has 1 aromatic heterocycles. The van der Waals surface area contributed by atoms with Crippen LogP contribution in [0, 0.1) is 0 Å². The predicted octanol–water partition coefficient (Wildman–Crippen LogP) is 3.94. The highest BCUT2D eigenvalue weighted by Crippen LogP contribution is 2.29. The Morgan fingerprint density at radius 2 is 1.81 bits per heavy atom. The van der Waals surface area contributed by atoms with Crippen molar-refractivity contribution in [3.8, 4) is 5.75 Å². The number of pyridine rings is 1. The molecule has 32 heavy (non-hydrogen) atoms. The molecule has 0 bridgehead atoms. The zero-order valence-corrected chi connectivity index (χ0v) is 18.0. The van der Waals surface area contributed by atoms with Crippen LogP contribution in [0.4, 0.5) is 5.69 Å². The molecule has 1 aliphatic carbocycles. The normalized spacial score (nSPS) is 18.2. The molecule has 1 aliphatic rings. The third-order valence-electron chi connectivity index (χ3n) is 5.65. The van der Waals surface area contributed by atoms with E-state index in [1.807, 2.05) is 30.5 Å². The smallest absolute Gasteiger partial charge is 0.251 e. The Morgan fingerprint density at radius 3 is 2.56 bits per heavy atom. The highest BCUT2D eigenvalue weighted by Gasteiger charge is 2.24. The van der Waals surface area contributed by atoms with Crippen LogP contribution in [-0.4, -0.2) is 42.7 Å². The molecule has 0 unspecified atom stereocenters. The van der Waals surface area contributed by atoms with Crippen LogP contribution in [0.3, 0.4) is 0 Å². The Kier molecular flexibility index (Phi) is 6.97. The number of carbonyl (C=O) groups excluding carboxylic acids is 2. The van der Waals surface area contributed by atoms with Gasteiger partial charge in [-0.3, -0.25) is 14.6 Å². The van der Waals surface area contributed by atoms with Crippen LogP contribution in [0.15, 0.2) is 60.9 Å². The van der Waals surface area contributed by atoms with Crippen LogP contribution in [0.2, 0.25) is 0 Å². The lowest BCUT2D eigenvalue weighted by molar-refractivity contribution is -0.119. The number of carbonyl (C=O) groups is 2. The number of anilines is 1. The van der Waals surface area contributed by atoms with Crippen LogP contribution in [-0.2, 0) is 9.53 Å². The van der Waals surface area contributed by atoms with E-state index < -0.39 is 0 Å². The summed E-state index contributed by atoms with van der Waals surface area (Å²) in [7, 11) is 1.47. The summed E-state index contributed by atoms with van der Waals surface area (Å²) in [6.07, 6.45) is 7.27. The topological polar surface area (TPSA) is 89.5 Å². The molecule has 0 atom stereocenters. The molecule has 1 heterocycles. The zero-order chi connectivity index (χ0) is 22.3. The van der Waals surface area contributed by atoms with Gasteiger partial charge in [-0.2, -0.15) is 0 Å². The van der Waals surface area contributed by atoms with E-state index in [4.69, 9.17) is 9.47 Å². The van der Waals surface area contributed by atoms with Crippen molar-refractivity contribution >= 4 is 28.3 Å². The average molecular weight is 434 g/mol. The van der Waals surface area contributed by atoms with Gasteiger partial charge in [0.1, 0.15) is 12.4 Å². The van der Waals surface area contributed by atoms with Gasteiger partial charge >= 0.3 is 0 Å². The third-order valence-corrected chi connectivity index (χ3v) is 5.65. The number of ether oxygens (including phenoxy) is 2. The Morgan fingerprint density at radius 1 is 1.03 bits per heavy atom. The monoisotopic (exact) mass is 433 g/mol. The van der Waals surface area contributed by atoms with Crippen LogP contribution in [0.1, 0.15) is 36.0 Å². The van der Waals surface area contributed by atoms with Gasteiger partial charge in [-0.05, 0) is 62.1 Å². The minimum atomic E-state index is -0.233. The summed E-state index contributed by atoms with van der Waals surface area (Å²) in [5.41, 5.74) is 1.20. The minimum Gasteiger partial charge on any atom is -0.490 e. The van der Waals surface area contributed by atoms with Crippen LogP contribution < -0.4 is 15.4 Å². The van der Waals surface area contributed by atoms with E-state index in [2.05, 4.69) is 15.6 Å². The Labute approximate surface area is 187 Å². The number of hydrogen-bond donors (Lipinski definition) is 2. The fourth-order valence-electron chi connectivity index (χ4n) is 4.00. The largest absolute Gasteiger partial charge is 0.490 e. The van der Waals surface area contributed by atoms with Gasteiger partial charge in [-0.25, -0.2) is 0 Å². The molecule has 0 spiro atoms. The van der Waals surface area contributed by atoms with Crippen molar-refractivity contribution in [3.05, 3.63) is 66.5 Å². The van der Waals surface area contributed by atoms with Crippen molar-refractivity contribution in [1.82, 2.24) is 10.3 Å². The molecule has 4 rings (SSSR count). The number of nitrogens with one attached hydrogen (secondary N) is 2. The van der Waals surface area contributed by atoms with E-state index in [0.29, 0.717) is 11.3 Å². The molecule has 0 radical (unpaired) electrons. The Hall–Kier alpha value is -3.45. The van der Waals surface area contributed by atoms with Gasteiger partial charge in [0.05, 0.1) is 6.10 Å². The number of fused-ring (bicyclic) bond motifs is 1. The summed E-state index contributed by atoms with van der Waals surface area (Å²) < 4.78 is 11.1. The molecule has 0 saturated heterocycles. The molecular formula is C25H27N3O4. The quantitative estimate of drug-likeness (QED) is 0.589. The van der Waals surface area contributed by atoms with Crippen LogP contribution in [0.25, 0.3) is 10.8 Å². The van der Waals surface area contributed by atoms with Crippen molar-refractivity contribution in [1.29, 1.82) is 0 Å². The van der Waals surface area contributed by atoms with E-state index >= 15 is 0 Å². The lowest BCUT2D eigenvalue weighted by Crippen LogP contribution is -2.39. The van der Waals surface area contributed by atoms with E-state index in [-0.39, 0.29) is 30.6 Å². The van der Waals surface area contributed by atoms with E-state index in [0.717, 1.165) is 42.2 Å². The standard InChI is InChI=1S/C25H27N3O4/c1-31-16-24(29)27-19-7-5-17(6-8-19)25(30)28-20-9-11-21(12-10-20)32-23-4-2-3-18-15-26-14-13-22(18)23/h2-8,13-15,20-21H,9-12,16H2,1H3,(H,27,29)(H,28,30). The number of amides is 2. The first-order valence-electron chi connectivity index (χ1n) is 10.8.